The van der Waals surface area contributed by atoms with E-state index >= 15 is 0 Å². The highest BCUT2D eigenvalue weighted by atomic mass is 19.2. The molecule has 0 atom stereocenters. The smallest absolute Gasteiger partial charge is 0.200 e. The predicted molar refractivity (Wildman–Crippen MR) is 65.1 cm³/mol. The quantitative estimate of drug-likeness (QED) is 0.339. The summed E-state index contributed by atoms with van der Waals surface area (Å²) in [6.07, 6.45) is 2.29. The van der Waals surface area contributed by atoms with Gasteiger partial charge in [-0.2, -0.15) is 0 Å². The first-order chi connectivity index (χ1) is 9.50. The Hall–Kier alpha value is -1.37. The number of rotatable bonds is 8. The number of anilines is 1. The zero-order valence-corrected chi connectivity index (χ0v) is 11.0. The van der Waals surface area contributed by atoms with Gasteiger partial charge in [0.15, 0.2) is 23.3 Å². The van der Waals surface area contributed by atoms with Crippen molar-refractivity contribution in [2.24, 2.45) is 0 Å². The summed E-state index contributed by atoms with van der Waals surface area (Å²) in [7, 11) is 0. The Bertz CT molecular complexity index is 424. The van der Waals surface area contributed by atoms with E-state index in [4.69, 9.17) is 4.74 Å². The van der Waals surface area contributed by atoms with Gasteiger partial charge in [-0.05, 0) is 12.8 Å². The highest BCUT2D eigenvalue weighted by molar-refractivity contribution is 5.47. The van der Waals surface area contributed by atoms with E-state index in [1.807, 2.05) is 6.92 Å². The SMILES string of the molecule is CCCCOCCCNc1c(F)c(F)c(F)c(F)c1F. The lowest BCUT2D eigenvalue weighted by Gasteiger charge is -2.10. The van der Waals surface area contributed by atoms with Gasteiger partial charge in [0.2, 0.25) is 5.82 Å². The van der Waals surface area contributed by atoms with Crippen LogP contribution in [0.2, 0.25) is 0 Å². The van der Waals surface area contributed by atoms with Gasteiger partial charge in [0, 0.05) is 19.8 Å². The molecule has 0 aliphatic carbocycles. The van der Waals surface area contributed by atoms with Gasteiger partial charge in [-0.1, -0.05) is 13.3 Å². The molecular weight excluding hydrogens is 281 g/mol. The molecule has 114 valence electrons. The van der Waals surface area contributed by atoms with Crippen LogP contribution in [-0.4, -0.2) is 19.8 Å². The van der Waals surface area contributed by atoms with E-state index in [0.717, 1.165) is 12.8 Å². The molecule has 0 spiro atoms. The molecule has 20 heavy (non-hydrogen) atoms. The first-order valence-corrected chi connectivity index (χ1v) is 6.33. The predicted octanol–water partition coefficient (Wildman–Crippen LogP) is 4.00. The molecule has 0 aliphatic rings. The number of unbranched alkanes of at least 4 members (excludes halogenated alkanes) is 1. The molecule has 0 radical (unpaired) electrons. The van der Waals surface area contributed by atoms with Crippen LogP contribution in [0.5, 0.6) is 0 Å². The summed E-state index contributed by atoms with van der Waals surface area (Å²) in [4.78, 5) is 0. The lowest BCUT2D eigenvalue weighted by molar-refractivity contribution is 0.131. The van der Waals surface area contributed by atoms with Crippen LogP contribution < -0.4 is 5.32 Å². The molecule has 1 N–H and O–H groups in total. The minimum Gasteiger partial charge on any atom is -0.381 e. The Balaban J connectivity index is 2.52. The average Bonchev–Trinajstić information content (AvgIpc) is 2.45. The molecule has 0 bridgehead atoms. The molecule has 0 aromatic heterocycles. The summed E-state index contributed by atoms with van der Waals surface area (Å²) in [5, 5.41) is 2.20. The first kappa shape index (κ1) is 16.7. The lowest BCUT2D eigenvalue weighted by Crippen LogP contribution is -2.12. The van der Waals surface area contributed by atoms with E-state index < -0.39 is 34.8 Å². The van der Waals surface area contributed by atoms with Crippen LogP contribution in [0, 0.1) is 29.1 Å². The van der Waals surface area contributed by atoms with Crippen molar-refractivity contribution < 1.29 is 26.7 Å². The zero-order valence-electron chi connectivity index (χ0n) is 11.0. The van der Waals surface area contributed by atoms with Crippen molar-refractivity contribution >= 4 is 5.69 Å². The van der Waals surface area contributed by atoms with Gasteiger partial charge >= 0.3 is 0 Å². The Morgan fingerprint density at radius 2 is 1.30 bits per heavy atom. The highest BCUT2D eigenvalue weighted by Crippen LogP contribution is 2.26. The third-order valence-electron chi connectivity index (χ3n) is 2.62. The Morgan fingerprint density at radius 1 is 0.800 bits per heavy atom. The summed E-state index contributed by atoms with van der Waals surface area (Å²) in [5.41, 5.74) is -1.00. The standard InChI is InChI=1S/C13H16F5NO/c1-2-3-6-20-7-4-5-19-13-11(17)9(15)8(14)10(16)12(13)18/h19H,2-7H2,1H3. The molecular formula is C13H16F5NO. The minimum absolute atomic E-state index is 0.0461. The van der Waals surface area contributed by atoms with Crippen LogP contribution >= 0.6 is 0 Å². The number of hydrogen-bond acceptors (Lipinski definition) is 2. The van der Waals surface area contributed by atoms with Crippen LogP contribution in [0.15, 0.2) is 0 Å². The fraction of sp³-hybridized carbons (Fsp3) is 0.538. The third kappa shape index (κ3) is 4.06. The molecule has 0 unspecified atom stereocenters. The van der Waals surface area contributed by atoms with Crippen LogP contribution in [0.4, 0.5) is 27.6 Å². The maximum atomic E-state index is 13.3. The molecule has 2 nitrogen and oxygen atoms in total. The average molecular weight is 297 g/mol. The molecule has 0 aliphatic heterocycles. The summed E-state index contributed by atoms with van der Waals surface area (Å²) < 4.78 is 70.3. The van der Waals surface area contributed by atoms with Gasteiger partial charge in [0.1, 0.15) is 5.69 Å². The van der Waals surface area contributed by atoms with Gasteiger partial charge in [-0.3, -0.25) is 0 Å². The van der Waals surface area contributed by atoms with Crippen molar-refractivity contribution in [3.63, 3.8) is 0 Å². The van der Waals surface area contributed by atoms with Gasteiger partial charge in [0.25, 0.3) is 0 Å². The van der Waals surface area contributed by atoms with Gasteiger partial charge in [0.05, 0.1) is 0 Å². The third-order valence-corrected chi connectivity index (χ3v) is 2.62. The van der Waals surface area contributed by atoms with E-state index in [1.54, 1.807) is 0 Å². The Morgan fingerprint density at radius 3 is 1.85 bits per heavy atom. The van der Waals surface area contributed by atoms with E-state index in [0.29, 0.717) is 19.6 Å². The monoisotopic (exact) mass is 297 g/mol. The second kappa shape index (κ2) is 8.04. The van der Waals surface area contributed by atoms with Gasteiger partial charge in [-0.15, -0.1) is 0 Å². The van der Waals surface area contributed by atoms with E-state index in [2.05, 4.69) is 5.32 Å². The lowest BCUT2D eigenvalue weighted by atomic mass is 10.2. The van der Waals surface area contributed by atoms with Crippen LogP contribution in [0.1, 0.15) is 26.2 Å². The van der Waals surface area contributed by atoms with Crippen molar-refractivity contribution in [3.05, 3.63) is 29.1 Å². The number of benzene rings is 1. The van der Waals surface area contributed by atoms with Gasteiger partial charge < -0.3 is 10.1 Å². The van der Waals surface area contributed by atoms with Crippen LogP contribution in [0.25, 0.3) is 0 Å². The molecule has 0 fully saturated rings. The molecule has 0 amide bonds. The Kier molecular flexibility index (Phi) is 6.70. The first-order valence-electron chi connectivity index (χ1n) is 6.33. The van der Waals surface area contributed by atoms with Crippen molar-refractivity contribution in [2.75, 3.05) is 25.1 Å². The number of nitrogens with one attached hydrogen (secondary N) is 1. The summed E-state index contributed by atoms with van der Waals surface area (Å²) in [6, 6.07) is 0. The second-order valence-corrected chi connectivity index (χ2v) is 4.19. The van der Waals surface area contributed by atoms with Crippen molar-refractivity contribution in [1.29, 1.82) is 0 Å². The largest absolute Gasteiger partial charge is 0.381 e. The molecule has 1 rings (SSSR count). The minimum atomic E-state index is -2.16. The van der Waals surface area contributed by atoms with E-state index in [9.17, 15) is 22.0 Å². The summed E-state index contributed by atoms with van der Waals surface area (Å²) in [5.74, 6) is -9.77. The molecule has 1 aromatic carbocycles. The fourth-order valence-electron chi connectivity index (χ4n) is 1.50. The summed E-state index contributed by atoms with van der Waals surface area (Å²) >= 11 is 0. The topological polar surface area (TPSA) is 21.3 Å². The fourth-order valence-corrected chi connectivity index (χ4v) is 1.50. The van der Waals surface area contributed by atoms with Crippen molar-refractivity contribution in [1.82, 2.24) is 0 Å². The van der Waals surface area contributed by atoms with Crippen molar-refractivity contribution in [3.8, 4) is 0 Å². The number of ether oxygens (including phenoxy) is 1. The van der Waals surface area contributed by atoms with Gasteiger partial charge in [-0.25, -0.2) is 22.0 Å². The number of hydrogen-bond donors (Lipinski definition) is 1. The molecule has 7 heteroatoms. The van der Waals surface area contributed by atoms with E-state index in [1.165, 1.54) is 0 Å². The normalized spacial score (nSPS) is 10.9. The van der Waals surface area contributed by atoms with Crippen LogP contribution in [-0.2, 0) is 4.74 Å². The van der Waals surface area contributed by atoms with Crippen LogP contribution in [0.3, 0.4) is 0 Å². The number of halogens is 5. The maximum Gasteiger partial charge on any atom is 0.200 e. The molecule has 0 saturated carbocycles. The molecule has 0 heterocycles. The molecule has 1 aromatic rings. The zero-order chi connectivity index (χ0) is 15.1. The van der Waals surface area contributed by atoms with E-state index in [-0.39, 0.29) is 6.54 Å². The van der Waals surface area contributed by atoms with Crippen molar-refractivity contribution in [2.45, 2.75) is 26.2 Å². The summed E-state index contributed by atoms with van der Waals surface area (Å²) in [6.45, 7) is 2.99. The Labute approximate surface area is 113 Å². The second-order valence-electron chi connectivity index (χ2n) is 4.19. The highest BCUT2D eigenvalue weighted by Gasteiger charge is 2.25. The molecule has 0 saturated heterocycles. The maximum absolute atomic E-state index is 13.3.